The van der Waals surface area contributed by atoms with Gasteiger partial charge in [0, 0.05) is 25.1 Å². The van der Waals surface area contributed by atoms with Crippen LogP contribution in [0.5, 0.6) is 0 Å². The minimum Gasteiger partial charge on any atom is -0.300 e. The summed E-state index contributed by atoms with van der Waals surface area (Å²) in [6.45, 7) is 5.18. The number of aryl methyl sites for hydroxylation is 2. The van der Waals surface area contributed by atoms with Gasteiger partial charge in [-0.1, -0.05) is 6.92 Å². The Balaban J connectivity index is 2.07. The molecule has 1 aliphatic carbocycles. The molecule has 2 rings (SSSR count). The normalized spacial score (nSPS) is 20.6. The van der Waals surface area contributed by atoms with Crippen LogP contribution in [0.3, 0.4) is 0 Å². The summed E-state index contributed by atoms with van der Waals surface area (Å²) < 4.78 is 2.08. The van der Waals surface area contributed by atoms with Gasteiger partial charge in [-0.2, -0.15) is 5.10 Å². The summed E-state index contributed by atoms with van der Waals surface area (Å²) in [5.41, 5.74) is 2.47. The molecule has 3 nitrogen and oxygen atoms in total. The van der Waals surface area contributed by atoms with Crippen LogP contribution in [-0.4, -0.2) is 15.6 Å². The monoisotopic (exact) mass is 220 g/mol. The van der Waals surface area contributed by atoms with Gasteiger partial charge in [-0.3, -0.25) is 9.48 Å². The molecule has 0 amide bonds. The van der Waals surface area contributed by atoms with Crippen molar-refractivity contribution in [1.29, 1.82) is 0 Å². The number of rotatable bonds is 4. The lowest BCUT2D eigenvalue weighted by Gasteiger charge is -2.09. The molecule has 1 fully saturated rings. The molecule has 88 valence electrons. The first-order valence-electron chi connectivity index (χ1n) is 6.30. The lowest BCUT2D eigenvalue weighted by atomic mass is 10.0. The number of nitrogens with zero attached hydrogens (tertiary/aromatic N) is 2. The fraction of sp³-hybridized carbons (Fsp3) is 0.692. The van der Waals surface area contributed by atoms with E-state index in [-0.39, 0.29) is 0 Å². The average Bonchev–Trinajstić information content (AvgIpc) is 2.85. The van der Waals surface area contributed by atoms with Crippen molar-refractivity contribution in [1.82, 2.24) is 9.78 Å². The van der Waals surface area contributed by atoms with E-state index in [0.29, 0.717) is 11.7 Å². The molecule has 0 aromatic carbocycles. The van der Waals surface area contributed by atoms with Crippen LogP contribution >= 0.6 is 0 Å². The van der Waals surface area contributed by atoms with E-state index in [9.17, 15) is 4.79 Å². The predicted octanol–water partition coefficient (Wildman–Crippen LogP) is 2.38. The zero-order chi connectivity index (χ0) is 11.5. The lowest BCUT2D eigenvalue weighted by Crippen LogP contribution is -2.08. The van der Waals surface area contributed by atoms with Crippen LogP contribution < -0.4 is 0 Å². The number of carbonyl (C=O) groups is 1. The second kappa shape index (κ2) is 4.81. The SMILES string of the molecule is CCc1cc(CC2CCC(=O)C2)n(CC)n1. The Hall–Kier alpha value is -1.12. The predicted molar refractivity (Wildman–Crippen MR) is 63.3 cm³/mol. The molecule has 1 heterocycles. The number of Topliss-reactive ketones (excluding diaryl/α,β-unsaturated/α-hetero) is 1. The maximum atomic E-state index is 11.2. The van der Waals surface area contributed by atoms with Crippen molar-refractivity contribution >= 4 is 5.78 Å². The first kappa shape index (κ1) is 11.4. The first-order chi connectivity index (χ1) is 7.72. The van der Waals surface area contributed by atoms with Gasteiger partial charge in [-0.15, -0.1) is 0 Å². The maximum absolute atomic E-state index is 11.2. The minimum absolute atomic E-state index is 0.434. The molecule has 3 heteroatoms. The molecule has 1 unspecified atom stereocenters. The Labute approximate surface area is 96.8 Å². The third kappa shape index (κ3) is 2.34. The van der Waals surface area contributed by atoms with Gasteiger partial charge in [0.15, 0.2) is 0 Å². The van der Waals surface area contributed by atoms with Crippen LogP contribution in [0.4, 0.5) is 0 Å². The summed E-state index contributed by atoms with van der Waals surface area (Å²) in [7, 11) is 0. The minimum atomic E-state index is 0.434. The topological polar surface area (TPSA) is 34.9 Å². The summed E-state index contributed by atoms with van der Waals surface area (Å²) >= 11 is 0. The van der Waals surface area contributed by atoms with E-state index in [1.54, 1.807) is 0 Å². The third-order valence-electron chi connectivity index (χ3n) is 3.42. The summed E-state index contributed by atoms with van der Waals surface area (Å²) in [5.74, 6) is 0.988. The summed E-state index contributed by atoms with van der Waals surface area (Å²) in [6.07, 6.45) is 4.63. The highest BCUT2D eigenvalue weighted by Gasteiger charge is 2.23. The largest absolute Gasteiger partial charge is 0.300 e. The Morgan fingerprint density at radius 1 is 1.50 bits per heavy atom. The molecular weight excluding hydrogens is 200 g/mol. The van der Waals surface area contributed by atoms with E-state index in [1.165, 1.54) is 11.4 Å². The zero-order valence-corrected chi connectivity index (χ0v) is 10.2. The quantitative estimate of drug-likeness (QED) is 0.781. The molecule has 0 aliphatic heterocycles. The smallest absolute Gasteiger partial charge is 0.133 e. The van der Waals surface area contributed by atoms with Gasteiger partial charge < -0.3 is 0 Å². The molecule has 0 bridgehead atoms. The molecule has 16 heavy (non-hydrogen) atoms. The van der Waals surface area contributed by atoms with Crippen LogP contribution in [0.1, 0.15) is 44.5 Å². The highest BCUT2D eigenvalue weighted by atomic mass is 16.1. The van der Waals surface area contributed by atoms with E-state index >= 15 is 0 Å². The Kier molecular flexibility index (Phi) is 3.42. The molecule has 0 saturated heterocycles. The third-order valence-corrected chi connectivity index (χ3v) is 3.42. The lowest BCUT2D eigenvalue weighted by molar-refractivity contribution is -0.117. The second-order valence-electron chi connectivity index (χ2n) is 4.65. The van der Waals surface area contributed by atoms with Crippen molar-refractivity contribution in [2.45, 2.75) is 52.5 Å². The van der Waals surface area contributed by atoms with Crippen LogP contribution in [0.15, 0.2) is 6.07 Å². The van der Waals surface area contributed by atoms with Crippen molar-refractivity contribution < 1.29 is 4.79 Å². The Morgan fingerprint density at radius 3 is 2.88 bits per heavy atom. The van der Waals surface area contributed by atoms with Gasteiger partial charge in [-0.05, 0) is 38.2 Å². The number of ketones is 1. The number of aromatic nitrogens is 2. The number of hydrogen-bond donors (Lipinski definition) is 0. The van der Waals surface area contributed by atoms with Crippen molar-refractivity contribution in [2.24, 2.45) is 5.92 Å². The van der Waals surface area contributed by atoms with Gasteiger partial charge in [0.2, 0.25) is 0 Å². The fourth-order valence-electron chi connectivity index (χ4n) is 2.49. The molecule has 0 spiro atoms. The summed E-state index contributed by atoms with van der Waals surface area (Å²) in [6, 6.07) is 2.20. The zero-order valence-electron chi connectivity index (χ0n) is 10.2. The van der Waals surface area contributed by atoms with Crippen molar-refractivity contribution in [2.75, 3.05) is 0 Å². The average molecular weight is 220 g/mol. The second-order valence-corrected chi connectivity index (χ2v) is 4.65. The molecule has 1 atom stereocenters. The van der Waals surface area contributed by atoms with Crippen molar-refractivity contribution in [3.63, 3.8) is 0 Å². The van der Waals surface area contributed by atoms with Crippen molar-refractivity contribution in [3.05, 3.63) is 17.5 Å². The molecular formula is C13H20N2O. The maximum Gasteiger partial charge on any atom is 0.133 e. The van der Waals surface area contributed by atoms with Crippen molar-refractivity contribution in [3.8, 4) is 0 Å². The molecule has 0 N–H and O–H groups in total. The van der Waals surface area contributed by atoms with Gasteiger partial charge in [0.25, 0.3) is 0 Å². The Bertz CT molecular complexity index is 381. The molecule has 1 aromatic rings. The van der Waals surface area contributed by atoms with Crippen LogP contribution in [0.25, 0.3) is 0 Å². The summed E-state index contributed by atoms with van der Waals surface area (Å²) in [5, 5.41) is 4.54. The molecule has 1 saturated carbocycles. The number of carbonyl (C=O) groups excluding carboxylic acids is 1. The van der Waals surface area contributed by atoms with Gasteiger partial charge in [0.1, 0.15) is 5.78 Å². The number of hydrogen-bond acceptors (Lipinski definition) is 2. The molecule has 1 aliphatic rings. The van der Waals surface area contributed by atoms with Gasteiger partial charge in [0.05, 0.1) is 5.69 Å². The van der Waals surface area contributed by atoms with Gasteiger partial charge in [-0.25, -0.2) is 0 Å². The molecule has 0 radical (unpaired) electrons. The van der Waals surface area contributed by atoms with E-state index in [2.05, 4.69) is 29.7 Å². The van der Waals surface area contributed by atoms with E-state index in [4.69, 9.17) is 0 Å². The molecule has 1 aromatic heterocycles. The van der Waals surface area contributed by atoms with E-state index in [1.807, 2.05) is 0 Å². The van der Waals surface area contributed by atoms with Crippen LogP contribution in [0.2, 0.25) is 0 Å². The summed E-state index contributed by atoms with van der Waals surface area (Å²) in [4.78, 5) is 11.2. The highest BCUT2D eigenvalue weighted by Crippen LogP contribution is 2.26. The first-order valence-corrected chi connectivity index (χ1v) is 6.30. The standard InChI is InChI=1S/C13H20N2O/c1-3-11-9-12(15(4-2)14-11)7-10-5-6-13(16)8-10/h9-10H,3-8H2,1-2H3. The van der Waals surface area contributed by atoms with E-state index < -0.39 is 0 Å². The Morgan fingerprint density at radius 2 is 2.31 bits per heavy atom. The highest BCUT2D eigenvalue weighted by molar-refractivity contribution is 5.80. The fourth-order valence-corrected chi connectivity index (χ4v) is 2.49. The van der Waals surface area contributed by atoms with Gasteiger partial charge >= 0.3 is 0 Å². The van der Waals surface area contributed by atoms with Crippen LogP contribution in [-0.2, 0) is 24.2 Å². The van der Waals surface area contributed by atoms with Crippen LogP contribution in [0, 0.1) is 5.92 Å². The van der Waals surface area contributed by atoms with E-state index in [0.717, 1.165) is 38.6 Å².